The summed E-state index contributed by atoms with van der Waals surface area (Å²) in [5, 5.41) is 5.07. The van der Waals surface area contributed by atoms with E-state index in [9.17, 15) is 0 Å². The number of hydrogen-bond acceptors (Lipinski definition) is 2. The van der Waals surface area contributed by atoms with Crippen LogP contribution in [0.3, 0.4) is 0 Å². The van der Waals surface area contributed by atoms with Crippen molar-refractivity contribution in [3.05, 3.63) is 27.7 Å². The first-order valence-corrected chi connectivity index (χ1v) is 7.35. The molecule has 0 radical (unpaired) electrons. The lowest BCUT2D eigenvalue weighted by atomic mass is 10.2. The molecule has 1 heterocycles. The Morgan fingerprint density at radius 1 is 1.17 bits per heavy atom. The van der Waals surface area contributed by atoms with Crippen LogP contribution in [0.1, 0.15) is 24.8 Å². The van der Waals surface area contributed by atoms with Crippen molar-refractivity contribution >= 4 is 28.9 Å². The Balaban J connectivity index is 1.67. The zero-order chi connectivity index (χ0) is 12.7. The van der Waals surface area contributed by atoms with E-state index in [0.29, 0.717) is 6.04 Å². The van der Waals surface area contributed by atoms with E-state index in [1.807, 2.05) is 19.1 Å². The molecule has 1 N–H and O–H groups in total. The summed E-state index contributed by atoms with van der Waals surface area (Å²) in [6.45, 7) is 4.31. The van der Waals surface area contributed by atoms with E-state index in [2.05, 4.69) is 10.2 Å². The van der Waals surface area contributed by atoms with Gasteiger partial charge in [-0.3, -0.25) is 4.90 Å². The molecule has 0 spiro atoms. The normalized spacial score (nSPS) is 24.5. The second-order valence-electron chi connectivity index (χ2n) is 5.44. The Kier molecular flexibility index (Phi) is 3.44. The molecule has 0 bridgehead atoms. The first kappa shape index (κ1) is 12.6. The predicted molar refractivity (Wildman–Crippen MR) is 77.8 cm³/mol. The van der Waals surface area contributed by atoms with E-state index in [0.717, 1.165) is 33.9 Å². The smallest absolute Gasteiger partial charge is 0.0641 e. The lowest BCUT2D eigenvalue weighted by Crippen LogP contribution is -2.27. The monoisotopic (exact) mass is 284 g/mol. The minimum Gasteiger partial charge on any atom is -0.380 e. The first-order valence-electron chi connectivity index (χ1n) is 6.59. The minimum absolute atomic E-state index is 0.502. The highest BCUT2D eigenvalue weighted by Gasteiger charge is 2.34. The number of nitrogens with zero attached hydrogens (tertiary/aromatic N) is 1. The molecule has 1 aromatic rings. The maximum atomic E-state index is 6.26. The van der Waals surface area contributed by atoms with Crippen molar-refractivity contribution in [2.45, 2.75) is 38.3 Å². The highest BCUT2D eigenvalue weighted by molar-refractivity contribution is 6.35. The van der Waals surface area contributed by atoms with Crippen LogP contribution >= 0.6 is 23.2 Å². The molecule has 2 nitrogen and oxygen atoms in total. The Bertz CT molecular complexity index is 457. The van der Waals surface area contributed by atoms with Crippen molar-refractivity contribution in [3.8, 4) is 0 Å². The fourth-order valence-electron chi connectivity index (χ4n) is 2.65. The van der Waals surface area contributed by atoms with Gasteiger partial charge in [-0.2, -0.15) is 0 Å². The van der Waals surface area contributed by atoms with E-state index < -0.39 is 0 Å². The highest BCUT2D eigenvalue weighted by atomic mass is 35.5. The van der Waals surface area contributed by atoms with Crippen molar-refractivity contribution < 1.29 is 0 Å². The van der Waals surface area contributed by atoms with Crippen LogP contribution in [0, 0.1) is 6.92 Å². The van der Waals surface area contributed by atoms with Crippen LogP contribution in [-0.4, -0.2) is 30.1 Å². The van der Waals surface area contributed by atoms with Gasteiger partial charge in [0.2, 0.25) is 0 Å². The van der Waals surface area contributed by atoms with Crippen LogP contribution in [0.2, 0.25) is 10.0 Å². The Morgan fingerprint density at radius 2 is 1.94 bits per heavy atom. The molecule has 1 unspecified atom stereocenters. The first-order chi connectivity index (χ1) is 8.63. The van der Waals surface area contributed by atoms with Crippen LogP contribution < -0.4 is 5.32 Å². The van der Waals surface area contributed by atoms with E-state index >= 15 is 0 Å². The summed E-state index contributed by atoms with van der Waals surface area (Å²) in [6.07, 6.45) is 3.95. The largest absolute Gasteiger partial charge is 0.380 e. The maximum Gasteiger partial charge on any atom is 0.0641 e. The van der Waals surface area contributed by atoms with Gasteiger partial charge in [0.05, 0.1) is 10.7 Å². The van der Waals surface area contributed by atoms with Crippen LogP contribution in [0.15, 0.2) is 12.1 Å². The standard InChI is InChI=1S/C14H18Cl2N2/c1-9-6-13(16)14(7-12(9)15)17-10-4-5-18(8-10)11-2-3-11/h6-7,10-11,17H,2-5,8H2,1H3. The molecule has 2 fully saturated rings. The second kappa shape index (κ2) is 4.92. The quantitative estimate of drug-likeness (QED) is 0.904. The Morgan fingerprint density at radius 3 is 2.67 bits per heavy atom. The molecule has 1 atom stereocenters. The average Bonchev–Trinajstić information content (AvgIpc) is 3.07. The van der Waals surface area contributed by atoms with Gasteiger partial charge < -0.3 is 5.32 Å². The molecular formula is C14H18Cl2N2. The second-order valence-corrected chi connectivity index (χ2v) is 6.25. The molecule has 1 aromatic carbocycles. The molecule has 1 aliphatic carbocycles. The molecule has 2 aliphatic rings. The number of rotatable bonds is 3. The van der Waals surface area contributed by atoms with Gasteiger partial charge in [-0.15, -0.1) is 0 Å². The summed E-state index contributed by atoms with van der Waals surface area (Å²) in [4.78, 5) is 2.58. The third kappa shape index (κ3) is 2.61. The van der Waals surface area contributed by atoms with Crippen molar-refractivity contribution in [1.82, 2.24) is 4.90 Å². The van der Waals surface area contributed by atoms with Crippen LogP contribution in [0.4, 0.5) is 5.69 Å². The Hall–Kier alpha value is -0.440. The van der Waals surface area contributed by atoms with Gasteiger partial charge in [0.25, 0.3) is 0 Å². The summed E-state index contributed by atoms with van der Waals surface area (Å²) in [6, 6.07) is 5.23. The summed E-state index contributed by atoms with van der Waals surface area (Å²) in [7, 11) is 0. The van der Waals surface area contributed by atoms with Crippen molar-refractivity contribution in [2.75, 3.05) is 18.4 Å². The zero-order valence-corrected chi connectivity index (χ0v) is 12.1. The van der Waals surface area contributed by atoms with Gasteiger partial charge in [-0.05, 0) is 43.9 Å². The summed E-state index contributed by atoms with van der Waals surface area (Å²) >= 11 is 12.4. The van der Waals surface area contributed by atoms with Gasteiger partial charge in [0.1, 0.15) is 0 Å². The molecule has 1 aliphatic heterocycles. The molecule has 3 rings (SSSR count). The summed E-state index contributed by atoms with van der Waals surface area (Å²) < 4.78 is 0. The molecular weight excluding hydrogens is 267 g/mol. The molecule has 1 saturated carbocycles. The molecule has 98 valence electrons. The van der Waals surface area contributed by atoms with Crippen LogP contribution in [0.5, 0.6) is 0 Å². The van der Waals surface area contributed by atoms with E-state index in [1.54, 1.807) is 0 Å². The van der Waals surface area contributed by atoms with Crippen LogP contribution in [0.25, 0.3) is 0 Å². The fourth-order valence-corrected chi connectivity index (χ4v) is 3.09. The third-order valence-corrected chi connectivity index (χ3v) is 4.61. The fraction of sp³-hybridized carbons (Fsp3) is 0.571. The topological polar surface area (TPSA) is 15.3 Å². The van der Waals surface area contributed by atoms with Gasteiger partial charge in [-0.25, -0.2) is 0 Å². The average molecular weight is 285 g/mol. The van der Waals surface area contributed by atoms with E-state index in [1.165, 1.54) is 25.8 Å². The number of anilines is 1. The molecule has 1 saturated heterocycles. The molecule has 18 heavy (non-hydrogen) atoms. The lowest BCUT2D eigenvalue weighted by molar-refractivity contribution is 0.326. The number of nitrogens with one attached hydrogen (secondary N) is 1. The van der Waals surface area contributed by atoms with Crippen molar-refractivity contribution in [1.29, 1.82) is 0 Å². The number of hydrogen-bond donors (Lipinski definition) is 1. The number of benzene rings is 1. The molecule has 0 amide bonds. The number of halogens is 2. The van der Waals surface area contributed by atoms with E-state index in [-0.39, 0.29) is 0 Å². The predicted octanol–water partition coefficient (Wildman–Crippen LogP) is 3.95. The minimum atomic E-state index is 0.502. The van der Waals surface area contributed by atoms with E-state index in [4.69, 9.17) is 23.2 Å². The molecule has 4 heteroatoms. The lowest BCUT2D eigenvalue weighted by Gasteiger charge is -2.18. The summed E-state index contributed by atoms with van der Waals surface area (Å²) in [5.41, 5.74) is 1.99. The SMILES string of the molecule is Cc1cc(Cl)c(NC2CCN(C3CC3)C2)cc1Cl. The van der Waals surface area contributed by atoms with Crippen LogP contribution in [-0.2, 0) is 0 Å². The zero-order valence-electron chi connectivity index (χ0n) is 10.5. The highest BCUT2D eigenvalue weighted by Crippen LogP contribution is 2.33. The van der Waals surface area contributed by atoms with Gasteiger partial charge >= 0.3 is 0 Å². The van der Waals surface area contributed by atoms with Gasteiger partial charge in [0, 0.05) is 30.2 Å². The molecule has 0 aromatic heterocycles. The number of likely N-dealkylation sites (tertiary alicyclic amines) is 1. The van der Waals surface area contributed by atoms with Crippen molar-refractivity contribution in [3.63, 3.8) is 0 Å². The Labute approximate surface area is 118 Å². The maximum absolute atomic E-state index is 6.26. The van der Waals surface area contributed by atoms with Crippen molar-refractivity contribution in [2.24, 2.45) is 0 Å². The van der Waals surface area contributed by atoms with Gasteiger partial charge in [-0.1, -0.05) is 23.2 Å². The van der Waals surface area contributed by atoms with Gasteiger partial charge in [0.15, 0.2) is 0 Å². The third-order valence-electron chi connectivity index (χ3n) is 3.89. The number of aryl methyl sites for hydroxylation is 1. The summed E-state index contributed by atoms with van der Waals surface area (Å²) in [5.74, 6) is 0.